The minimum absolute atomic E-state index is 0.279. The lowest BCUT2D eigenvalue weighted by molar-refractivity contribution is 0.755. The molecule has 0 radical (unpaired) electrons. The molecule has 1 N–H and O–H groups in total. The Labute approximate surface area is 163 Å². The predicted molar refractivity (Wildman–Crippen MR) is 104 cm³/mol. The first-order chi connectivity index (χ1) is 12.9. The molecule has 136 valence electrons. The Morgan fingerprint density at radius 2 is 1.96 bits per heavy atom. The molecular formula is C17H13Cl2N7O. The highest BCUT2D eigenvalue weighted by Crippen LogP contribution is 2.27. The SMILES string of the molecule is Cc1[nH]n(-c2ccc3nnc(C)n3n2)c(=O)c1C=Nc1ccc(Cl)cc1Cl. The van der Waals surface area contributed by atoms with Crippen LogP contribution >= 0.6 is 23.2 Å². The fourth-order valence-corrected chi connectivity index (χ4v) is 3.06. The van der Waals surface area contributed by atoms with Crippen molar-refractivity contribution >= 4 is 40.8 Å². The third-order valence-corrected chi connectivity index (χ3v) is 4.53. The summed E-state index contributed by atoms with van der Waals surface area (Å²) >= 11 is 12.0. The molecule has 0 saturated carbocycles. The molecule has 0 atom stereocenters. The Kier molecular flexibility index (Phi) is 4.29. The van der Waals surface area contributed by atoms with Gasteiger partial charge in [0.1, 0.15) is 0 Å². The number of H-pyrrole nitrogens is 1. The van der Waals surface area contributed by atoms with E-state index < -0.39 is 0 Å². The van der Waals surface area contributed by atoms with E-state index in [2.05, 4.69) is 25.4 Å². The molecule has 3 aromatic heterocycles. The third-order valence-electron chi connectivity index (χ3n) is 3.99. The Bertz CT molecular complexity index is 1250. The summed E-state index contributed by atoms with van der Waals surface area (Å²) in [4.78, 5) is 17.1. The maximum atomic E-state index is 12.8. The third kappa shape index (κ3) is 3.13. The highest BCUT2D eigenvalue weighted by Gasteiger charge is 2.13. The van der Waals surface area contributed by atoms with Crippen molar-refractivity contribution in [2.75, 3.05) is 0 Å². The molecule has 3 heterocycles. The monoisotopic (exact) mass is 401 g/mol. The maximum absolute atomic E-state index is 12.8. The average Bonchev–Trinajstić information content (AvgIpc) is 3.14. The van der Waals surface area contributed by atoms with Crippen LogP contribution in [0.15, 0.2) is 40.1 Å². The number of halogens is 2. The minimum Gasteiger partial charge on any atom is -0.293 e. The second-order valence-corrected chi connectivity index (χ2v) is 6.70. The molecule has 1 aromatic carbocycles. The molecule has 0 aliphatic carbocycles. The Morgan fingerprint density at radius 1 is 1.15 bits per heavy atom. The summed E-state index contributed by atoms with van der Waals surface area (Å²) in [5, 5.41) is 16.3. The van der Waals surface area contributed by atoms with Crippen molar-refractivity contribution in [1.29, 1.82) is 0 Å². The predicted octanol–water partition coefficient (Wildman–Crippen LogP) is 3.28. The van der Waals surface area contributed by atoms with Gasteiger partial charge >= 0.3 is 0 Å². The van der Waals surface area contributed by atoms with E-state index in [4.69, 9.17) is 23.2 Å². The summed E-state index contributed by atoms with van der Waals surface area (Å²) in [6.45, 7) is 3.57. The van der Waals surface area contributed by atoms with Crippen molar-refractivity contribution < 1.29 is 0 Å². The molecule has 8 nitrogen and oxygen atoms in total. The van der Waals surface area contributed by atoms with Crippen LogP contribution in [0.1, 0.15) is 17.1 Å². The number of aromatic nitrogens is 6. The van der Waals surface area contributed by atoms with Gasteiger partial charge in [-0.1, -0.05) is 23.2 Å². The molecule has 0 saturated heterocycles. The van der Waals surface area contributed by atoms with Crippen LogP contribution in [-0.4, -0.2) is 35.8 Å². The number of hydrogen-bond acceptors (Lipinski definition) is 5. The van der Waals surface area contributed by atoms with Crippen molar-refractivity contribution in [3.05, 3.63) is 67.8 Å². The molecule has 0 unspecified atom stereocenters. The number of aromatic amines is 1. The lowest BCUT2D eigenvalue weighted by Gasteiger charge is -2.01. The summed E-state index contributed by atoms with van der Waals surface area (Å²) in [7, 11) is 0. The first kappa shape index (κ1) is 17.4. The van der Waals surface area contributed by atoms with Crippen LogP contribution in [0.5, 0.6) is 0 Å². The van der Waals surface area contributed by atoms with E-state index in [1.54, 1.807) is 48.7 Å². The first-order valence-electron chi connectivity index (χ1n) is 7.94. The standard InChI is InChI=1S/C17H13Cl2N7O/c1-9-12(8-20-14-4-3-11(18)7-13(14)19)17(27)26(23-9)16-6-5-15-22-21-10(2)25(15)24-16/h3-8,23H,1-2H3. The van der Waals surface area contributed by atoms with E-state index in [1.807, 2.05) is 0 Å². The molecule has 0 amide bonds. The summed E-state index contributed by atoms with van der Waals surface area (Å²) in [6, 6.07) is 8.40. The zero-order valence-electron chi connectivity index (χ0n) is 14.3. The van der Waals surface area contributed by atoms with E-state index in [0.29, 0.717) is 44.3 Å². The van der Waals surface area contributed by atoms with Gasteiger partial charge in [-0.15, -0.1) is 15.3 Å². The molecule has 0 aliphatic heterocycles. The maximum Gasteiger partial charge on any atom is 0.281 e. The van der Waals surface area contributed by atoms with Crippen molar-refractivity contribution in [2.45, 2.75) is 13.8 Å². The van der Waals surface area contributed by atoms with Gasteiger partial charge < -0.3 is 0 Å². The second kappa shape index (κ2) is 6.64. The normalized spacial score (nSPS) is 11.7. The lowest BCUT2D eigenvalue weighted by atomic mass is 10.3. The van der Waals surface area contributed by atoms with Crippen molar-refractivity contribution in [3.63, 3.8) is 0 Å². The lowest BCUT2D eigenvalue weighted by Crippen LogP contribution is -2.19. The number of aliphatic imine (C=N–C) groups is 1. The number of benzene rings is 1. The fourth-order valence-electron chi connectivity index (χ4n) is 2.60. The van der Waals surface area contributed by atoms with Crippen molar-refractivity contribution in [3.8, 4) is 5.82 Å². The van der Waals surface area contributed by atoms with Crippen LogP contribution in [-0.2, 0) is 0 Å². The average molecular weight is 402 g/mol. The largest absolute Gasteiger partial charge is 0.293 e. The molecule has 0 spiro atoms. The van der Waals surface area contributed by atoms with Gasteiger partial charge in [-0.2, -0.15) is 9.20 Å². The summed E-state index contributed by atoms with van der Waals surface area (Å²) in [5.74, 6) is 1.05. The molecule has 27 heavy (non-hydrogen) atoms. The summed E-state index contributed by atoms with van der Waals surface area (Å²) < 4.78 is 2.91. The number of nitrogens with zero attached hydrogens (tertiary/aromatic N) is 6. The zero-order valence-corrected chi connectivity index (χ0v) is 15.8. The zero-order chi connectivity index (χ0) is 19.1. The van der Waals surface area contributed by atoms with E-state index in [1.165, 1.54) is 10.9 Å². The molecule has 0 bridgehead atoms. The van der Waals surface area contributed by atoms with Crippen LogP contribution in [0.4, 0.5) is 5.69 Å². The number of hydrogen-bond donors (Lipinski definition) is 1. The number of rotatable bonds is 3. The van der Waals surface area contributed by atoms with E-state index >= 15 is 0 Å². The van der Waals surface area contributed by atoms with Crippen LogP contribution in [0.25, 0.3) is 11.5 Å². The van der Waals surface area contributed by atoms with Crippen LogP contribution in [0.2, 0.25) is 10.0 Å². The summed E-state index contributed by atoms with van der Waals surface area (Å²) in [6.07, 6.45) is 1.47. The van der Waals surface area contributed by atoms with Crippen molar-refractivity contribution in [1.82, 2.24) is 29.6 Å². The van der Waals surface area contributed by atoms with Gasteiger partial charge in [0.05, 0.1) is 16.3 Å². The van der Waals surface area contributed by atoms with Gasteiger partial charge in [-0.25, -0.2) is 0 Å². The Morgan fingerprint density at radius 3 is 2.74 bits per heavy atom. The number of nitrogens with one attached hydrogen (secondary N) is 1. The van der Waals surface area contributed by atoms with Gasteiger partial charge in [-0.3, -0.25) is 14.9 Å². The van der Waals surface area contributed by atoms with Gasteiger partial charge in [0.25, 0.3) is 5.56 Å². The van der Waals surface area contributed by atoms with Gasteiger partial charge in [0.15, 0.2) is 17.3 Å². The second-order valence-electron chi connectivity index (χ2n) is 5.85. The quantitative estimate of drug-likeness (QED) is 0.533. The minimum atomic E-state index is -0.279. The topological polar surface area (TPSA) is 93.2 Å². The van der Waals surface area contributed by atoms with Gasteiger partial charge in [0, 0.05) is 16.9 Å². The number of aryl methyl sites for hydroxylation is 2. The molecule has 10 heteroatoms. The highest BCUT2D eigenvalue weighted by molar-refractivity contribution is 6.36. The van der Waals surface area contributed by atoms with E-state index in [-0.39, 0.29) is 5.56 Å². The Balaban J connectivity index is 1.76. The van der Waals surface area contributed by atoms with E-state index in [0.717, 1.165) is 0 Å². The van der Waals surface area contributed by atoms with E-state index in [9.17, 15) is 4.79 Å². The highest BCUT2D eigenvalue weighted by atomic mass is 35.5. The smallest absolute Gasteiger partial charge is 0.281 e. The van der Waals surface area contributed by atoms with Crippen LogP contribution < -0.4 is 5.56 Å². The first-order valence-corrected chi connectivity index (χ1v) is 8.70. The molecular weight excluding hydrogens is 389 g/mol. The molecule has 0 aliphatic rings. The molecule has 4 aromatic rings. The van der Waals surface area contributed by atoms with Crippen molar-refractivity contribution in [2.24, 2.45) is 4.99 Å². The number of fused-ring (bicyclic) bond motifs is 1. The van der Waals surface area contributed by atoms with Gasteiger partial charge in [0.2, 0.25) is 0 Å². The fraction of sp³-hybridized carbons (Fsp3) is 0.118. The Hall–Kier alpha value is -2.97. The van der Waals surface area contributed by atoms with Crippen LogP contribution in [0.3, 0.4) is 0 Å². The van der Waals surface area contributed by atoms with Gasteiger partial charge in [-0.05, 0) is 44.2 Å². The summed E-state index contributed by atoms with van der Waals surface area (Å²) in [5.41, 5.74) is 1.90. The molecule has 4 rings (SSSR count). The van der Waals surface area contributed by atoms with Crippen LogP contribution in [0, 0.1) is 13.8 Å². The molecule has 0 fully saturated rings.